The van der Waals surface area contributed by atoms with E-state index < -0.39 is 0 Å². The molecular formula is C19H18ClNO2S2. The van der Waals surface area contributed by atoms with Gasteiger partial charge in [-0.3, -0.25) is 9.59 Å². The van der Waals surface area contributed by atoms with Gasteiger partial charge in [-0.2, -0.15) is 0 Å². The minimum atomic E-state index is -0.147. The number of ketones is 1. The van der Waals surface area contributed by atoms with Gasteiger partial charge in [-0.15, -0.1) is 23.5 Å². The summed E-state index contributed by atoms with van der Waals surface area (Å²) >= 11 is 9.68. The van der Waals surface area contributed by atoms with Crippen LogP contribution in [0, 0.1) is 0 Å². The van der Waals surface area contributed by atoms with E-state index in [1.54, 1.807) is 24.3 Å². The van der Waals surface area contributed by atoms with Crippen LogP contribution in [-0.2, 0) is 4.79 Å². The quantitative estimate of drug-likeness (QED) is 0.668. The number of hydrogen-bond donors (Lipinski definition) is 1. The van der Waals surface area contributed by atoms with Gasteiger partial charge < -0.3 is 5.32 Å². The van der Waals surface area contributed by atoms with E-state index in [9.17, 15) is 9.59 Å². The molecule has 0 unspecified atom stereocenters. The Morgan fingerprint density at radius 3 is 2.48 bits per heavy atom. The first-order valence-corrected chi connectivity index (χ1v) is 10.5. The minimum Gasteiger partial charge on any atom is -0.326 e. The first kappa shape index (κ1) is 18.4. The molecule has 0 radical (unpaired) electrons. The summed E-state index contributed by atoms with van der Waals surface area (Å²) in [5, 5.41) is 3.48. The summed E-state index contributed by atoms with van der Waals surface area (Å²) in [6.45, 7) is 0. The predicted octanol–water partition coefficient (Wildman–Crippen LogP) is 5.42. The third kappa shape index (κ3) is 5.27. The summed E-state index contributed by atoms with van der Waals surface area (Å²) < 4.78 is 0.448. The third-order valence-electron chi connectivity index (χ3n) is 3.81. The minimum absolute atomic E-state index is 0.0562. The van der Waals surface area contributed by atoms with Crippen molar-refractivity contribution < 1.29 is 9.59 Å². The van der Waals surface area contributed by atoms with E-state index in [-0.39, 0.29) is 24.5 Å². The first-order chi connectivity index (χ1) is 12.1. The lowest BCUT2D eigenvalue weighted by Gasteiger charge is -2.11. The molecule has 130 valence electrons. The van der Waals surface area contributed by atoms with E-state index >= 15 is 0 Å². The number of nitrogens with one attached hydrogen (secondary N) is 1. The van der Waals surface area contributed by atoms with E-state index in [1.165, 1.54) is 17.1 Å². The van der Waals surface area contributed by atoms with Gasteiger partial charge in [0.05, 0.1) is 4.58 Å². The molecule has 1 heterocycles. The number of anilines is 1. The number of thioether (sulfide) groups is 2. The van der Waals surface area contributed by atoms with Gasteiger partial charge in [0.15, 0.2) is 5.78 Å². The molecule has 3 rings (SSSR count). The fraction of sp³-hybridized carbons (Fsp3) is 0.263. The summed E-state index contributed by atoms with van der Waals surface area (Å²) in [4.78, 5) is 24.3. The number of rotatable bonds is 6. The Hall–Kier alpha value is -1.43. The van der Waals surface area contributed by atoms with Gasteiger partial charge in [-0.1, -0.05) is 23.7 Å². The van der Waals surface area contributed by atoms with Gasteiger partial charge in [0, 0.05) is 40.6 Å². The van der Waals surface area contributed by atoms with E-state index in [4.69, 9.17) is 11.6 Å². The molecule has 25 heavy (non-hydrogen) atoms. The second-order valence-electron chi connectivity index (χ2n) is 5.68. The maximum absolute atomic E-state index is 12.1. The monoisotopic (exact) mass is 391 g/mol. The zero-order chi connectivity index (χ0) is 17.6. The topological polar surface area (TPSA) is 46.2 Å². The molecule has 1 aliphatic heterocycles. The van der Waals surface area contributed by atoms with Crippen LogP contribution >= 0.6 is 35.1 Å². The van der Waals surface area contributed by atoms with Crippen LogP contribution in [-0.4, -0.2) is 23.2 Å². The molecule has 1 N–H and O–H groups in total. The summed E-state index contributed by atoms with van der Waals surface area (Å²) in [6, 6.07) is 14.7. The van der Waals surface area contributed by atoms with Crippen LogP contribution in [0.2, 0.25) is 5.02 Å². The molecule has 3 nitrogen and oxygen atoms in total. The van der Waals surface area contributed by atoms with Gasteiger partial charge in [0.2, 0.25) is 5.91 Å². The van der Waals surface area contributed by atoms with Crippen molar-refractivity contribution in [2.75, 3.05) is 16.8 Å². The lowest BCUT2D eigenvalue weighted by molar-refractivity contribution is -0.116. The van der Waals surface area contributed by atoms with Gasteiger partial charge in [0.25, 0.3) is 0 Å². The average molecular weight is 392 g/mol. The van der Waals surface area contributed by atoms with E-state index in [0.717, 1.165) is 5.69 Å². The summed E-state index contributed by atoms with van der Waals surface area (Å²) in [5.74, 6) is 2.13. The smallest absolute Gasteiger partial charge is 0.224 e. The molecule has 1 aliphatic rings. The van der Waals surface area contributed by atoms with Gasteiger partial charge in [0.1, 0.15) is 0 Å². The lowest BCUT2D eigenvalue weighted by Crippen LogP contribution is -2.13. The van der Waals surface area contributed by atoms with Crippen molar-refractivity contribution >= 4 is 52.5 Å². The highest BCUT2D eigenvalue weighted by molar-refractivity contribution is 8.19. The van der Waals surface area contributed by atoms with Crippen molar-refractivity contribution in [2.24, 2.45) is 0 Å². The van der Waals surface area contributed by atoms with Crippen LogP contribution in [0.3, 0.4) is 0 Å². The second kappa shape index (κ2) is 8.79. The zero-order valence-electron chi connectivity index (χ0n) is 13.5. The fourth-order valence-electron chi connectivity index (χ4n) is 2.54. The molecule has 6 heteroatoms. The molecule has 1 saturated heterocycles. The Morgan fingerprint density at radius 2 is 1.76 bits per heavy atom. The van der Waals surface area contributed by atoms with E-state index in [0.29, 0.717) is 15.2 Å². The largest absolute Gasteiger partial charge is 0.326 e. The SMILES string of the molecule is O=C(CCC(=O)c1ccc(Cl)cc1)Nc1cccc(C2SCCS2)c1. The number of Topliss-reactive ketones (excluding diaryl/α,β-unsaturated/α-hetero) is 1. The summed E-state index contributed by atoms with van der Waals surface area (Å²) in [7, 11) is 0. The molecule has 0 aromatic heterocycles. The third-order valence-corrected chi connectivity index (χ3v) is 7.17. The second-order valence-corrected chi connectivity index (χ2v) is 8.84. The number of halogens is 1. The number of carbonyl (C=O) groups excluding carboxylic acids is 2. The van der Waals surface area contributed by atoms with Crippen molar-refractivity contribution in [2.45, 2.75) is 17.4 Å². The average Bonchev–Trinajstić information content (AvgIpc) is 3.15. The predicted molar refractivity (Wildman–Crippen MR) is 108 cm³/mol. The van der Waals surface area contributed by atoms with E-state index in [2.05, 4.69) is 11.4 Å². The van der Waals surface area contributed by atoms with Crippen molar-refractivity contribution in [1.82, 2.24) is 0 Å². The Labute approximate surface area is 160 Å². The van der Waals surface area contributed by atoms with Gasteiger partial charge >= 0.3 is 0 Å². The molecule has 0 bridgehead atoms. The standard InChI is InChI=1S/C19H18ClNO2S2/c20-15-6-4-13(5-7-15)17(22)8-9-18(23)21-16-3-1-2-14(12-16)19-24-10-11-25-19/h1-7,12,19H,8-11H2,(H,21,23). The van der Waals surface area contributed by atoms with Crippen LogP contribution in [0.15, 0.2) is 48.5 Å². The van der Waals surface area contributed by atoms with Gasteiger partial charge in [-0.05, 0) is 42.0 Å². The normalized spacial score (nSPS) is 14.4. The highest BCUT2D eigenvalue weighted by Crippen LogP contribution is 2.45. The van der Waals surface area contributed by atoms with Crippen molar-refractivity contribution in [3.05, 3.63) is 64.7 Å². The van der Waals surface area contributed by atoms with Crippen LogP contribution < -0.4 is 5.32 Å². The molecule has 2 aromatic carbocycles. The lowest BCUT2D eigenvalue weighted by atomic mass is 10.1. The Balaban J connectivity index is 1.53. The van der Waals surface area contributed by atoms with Crippen LogP contribution in [0.5, 0.6) is 0 Å². The Bertz CT molecular complexity index is 758. The highest BCUT2D eigenvalue weighted by Gasteiger charge is 2.18. The zero-order valence-corrected chi connectivity index (χ0v) is 15.9. The van der Waals surface area contributed by atoms with Gasteiger partial charge in [-0.25, -0.2) is 0 Å². The summed E-state index contributed by atoms with van der Waals surface area (Å²) in [5.41, 5.74) is 2.59. The highest BCUT2D eigenvalue weighted by atomic mass is 35.5. The molecule has 0 saturated carbocycles. The molecule has 2 aromatic rings. The molecule has 0 aliphatic carbocycles. The maximum atomic E-state index is 12.1. The molecular weight excluding hydrogens is 374 g/mol. The number of amides is 1. The van der Waals surface area contributed by atoms with E-state index in [1.807, 2.05) is 41.7 Å². The summed E-state index contributed by atoms with van der Waals surface area (Å²) in [6.07, 6.45) is 0.347. The fourth-order valence-corrected chi connectivity index (χ4v) is 5.51. The maximum Gasteiger partial charge on any atom is 0.224 e. The van der Waals surface area contributed by atoms with Crippen LogP contribution in [0.1, 0.15) is 33.3 Å². The van der Waals surface area contributed by atoms with Crippen molar-refractivity contribution in [3.8, 4) is 0 Å². The van der Waals surface area contributed by atoms with Crippen molar-refractivity contribution in [1.29, 1.82) is 0 Å². The number of carbonyl (C=O) groups is 2. The number of hydrogen-bond acceptors (Lipinski definition) is 4. The molecule has 1 amide bonds. The molecule has 0 spiro atoms. The Kier molecular flexibility index (Phi) is 6.45. The first-order valence-electron chi connectivity index (χ1n) is 8.03. The number of benzene rings is 2. The van der Waals surface area contributed by atoms with Crippen LogP contribution in [0.4, 0.5) is 5.69 Å². The molecule has 0 atom stereocenters. The van der Waals surface area contributed by atoms with Crippen molar-refractivity contribution in [3.63, 3.8) is 0 Å². The Morgan fingerprint density at radius 1 is 1.04 bits per heavy atom. The molecule has 1 fully saturated rings. The van der Waals surface area contributed by atoms with Crippen LogP contribution in [0.25, 0.3) is 0 Å².